The lowest BCUT2D eigenvalue weighted by Gasteiger charge is -2.57. The number of methoxy groups -OCH3 is 2. The van der Waals surface area contributed by atoms with Gasteiger partial charge in [0.05, 0.1) is 5.69 Å². The Balaban J connectivity index is 1.60. The molecule has 0 spiro atoms. The van der Waals surface area contributed by atoms with E-state index >= 15 is 0 Å². The number of rotatable bonds is 11. The summed E-state index contributed by atoms with van der Waals surface area (Å²) in [5, 5.41) is 18.0. The zero-order valence-corrected chi connectivity index (χ0v) is 28.5. The minimum atomic E-state index is -1.40. The van der Waals surface area contributed by atoms with Gasteiger partial charge in [0.2, 0.25) is 21.3 Å². The van der Waals surface area contributed by atoms with Crippen LogP contribution in [0, 0.1) is 0 Å². The number of aliphatic hydroxyl groups is 1. The van der Waals surface area contributed by atoms with E-state index in [-0.39, 0.29) is 33.9 Å². The Morgan fingerprint density at radius 2 is 1.54 bits per heavy atom. The number of amides is 1. The summed E-state index contributed by atoms with van der Waals surface area (Å²) in [4.78, 5) is 11.9. The number of benzene rings is 3. The number of carbonyl (C=O) groups excluding carboxylic acids is 1. The second-order valence-electron chi connectivity index (χ2n) is 12.8. The predicted molar refractivity (Wildman–Crippen MR) is 176 cm³/mol. The predicted octanol–water partition coefficient (Wildman–Crippen LogP) is 5.10. The number of anilines is 2. The van der Waals surface area contributed by atoms with Gasteiger partial charge in [-0.3, -0.25) is 4.79 Å². The molecule has 5 rings (SSSR count). The van der Waals surface area contributed by atoms with E-state index in [1.807, 2.05) is 66.7 Å². The molecule has 0 aliphatic carbocycles. The second kappa shape index (κ2) is 13.4. The third-order valence-corrected chi connectivity index (χ3v) is 9.48. The summed E-state index contributed by atoms with van der Waals surface area (Å²) in [6.45, 7) is 9.90. The Hall–Kier alpha value is -3.29. The number of nitrogens with one attached hydrogen (secondary N) is 2. The topological polar surface area (TPSA) is 117 Å². The molecule has 1 saturated heterocycles. The first kappa shape index (κ1) is 34.1. The van der Waals surface area contributed by atoms with Crippen molar-refractivity contribution in [3.8, 4) is 5.75 Å². The van der Waals surface area contributed by atoms with E-state index < -0.39 is 35.5 Å². The third kappa shape index (κ3) is 6.72. The van der Waals surface area contributed by atoms with Gasteiger partial charge in [-0.15, -0.1) is 0 Å². The summed E-state index contributed by atoms with van der Waals surface area (Å²) in [6, 6.07) is 25.1. The summed E-state index contributed by atoms with van der Waals surface area (Å²) in [7, 11) is 3.11. The molecule has 3 aromatic rings. The molecule has 2 aliphatic heterocycles. The van der Waals surface area contributed by atoms with Crippen molar-refractivity contribution in [3.63, 3.8) is 0 Å². The molecule has 246 valence electrons. The standard InChI is InChI=1S/C35H44N2O8Si/c1-32(2,3)46-45-35(23-14-10-8-11-15-23,24-16-12-9-13-17-24)31-30(43-33(4,40-6)34(5,41-7)44-31)27(38)21-36-25-18-19-28-26(20-25)37-29(39)22-42-28/h8-20,27,30-31,36,38H,21-22H2,1-7H3,(H,37,39)/t27-,30+,31+,33-,34-/m0/s1. The van der Waals surface area contributed by atoms with Crippen molar-refractivity contribution in [1.82, 2.24) is 0 Å². The molecular weight excluding hydrogens is 604 g/mol. The molecule has 10 nitrogen and oxygen atoms in total. The molecule has 46 heavy (non-hydrogen) atoms. The van der Waals surface area contributed by atoms with Crippen molar-refractivity contribution in [2.24, 2.45) is 0 Å². The number of aliphatic hydroxyl groups excluding tert-OH is 1. The molecule has 2 heterocycles. The van der Waals surface area contributed by atoms with Crippen molar-refractivity contribution in [2.45, 2.75) is 75.1 Å². The van der Waals surface area contributed by atoms with E-state index in [0.29, 0.717) is 17.1 Å². The van der Waals surface area contributed by atoms with Crippen LogP contribution in [-0.2, 0) is 33.8 Å². The lowest BCUT2D eigenvalue weighted by molar-refractivity contribution is -0.463. The van der Waals surface area contributed by atoms with Crippen LogP contribution in [0.3, 0.4) is 0 Å². The summed E-state index contributed by atoms with van der Waals surface area (Å²) >= 11 is 0. The Bertz CT molecular complexity index is 1450. The van der Waals surface area contributed by atoms with E-state index in [1.165, 1.54) is 7.11 Å². The Kier molecular flexibility index (Phi) is 9.95. The van der Waals surface area contributed by atoms with Crippen LogP contribution in [0.1, 0.15) is 45.7 Å². The SMILES string of the molecule is CO[C@@]1(C)O[C@H]([C@@H](O)CNc2ccc3c(c2)NC(=O)CO3)[C@H](C(O[Si]C(C)(C)C)(c2ccccc2)c2ccccc2)O[C@]1(C)OC. The molecule has 3 N–H and O–H groups in total. The molecule has 1 amide bonds. The summed E-state index contributed by atoms with van der Waals surface area (Å²) < 4.78 is 38.2. The number of fused-ring (bicyclic) bond motifs is 1. The Morgan fingerprint density at radius 3 is 2.11 bits per heavy atom. The highest BCUT2D eigenvalue weighted by Crippen LogP contribution is 2.50. The summed E-state index contributed by atoms with van der Waals surface area (Å²) in [6.07, 6.45) is -3.03. The molecule has 3 aromatic carbocycles. The smallest absolute Gasteiger partial charge is 0.262 e. The van der Waals surface area contributed by atoms with Crippen LogP contribution in [0.25, 0.3) is 0 Å². The average molecular weight is 649 g/mol. The van der Waals surface area contributed by atoms with Crippen LogP contribution in [-0.4, -0.2) is 78.0 Å². The van der Waals surface area contributed by atoms with Crippen molar-refractivity contribution >= 4 is 27.0 Å². The van der Waals surface area contributed by atoms with Gasteiger partial charge >= 0.3 is 0 Å². The van der Waals surface area contributed by atoms with Crippen LogP contribution in [0.15, 0.2) is 78.9 Å². The highest BCUT2D eigenvalue weighted by molar-refractivity contribution is 6.32. The molecular formula is C35H44N2O8Si. The molecule has 0 bridgehead atoms. The molecule has 2 aliphatic rings. The average Bonchev–Trinajstić information content (AvgIpc) is 3.05. The lowest BCUT2D eigenvalue weighted by atomic mass is 9.77. The maximum Gasteiger partial charge on any atom is 0.262 e. The zero-order chi connectivity index (χ0) is 33.2. The second-order valence-corrected chi connectivity index (χ2v) is 14.7. The molecule has 1 fully saturated rings. The van der Waals surface area contributed by atoms with Crippen molar-refractivity contribution < 1.29 is 38.0 Å². The lowest BCUT2D eigenvalue weighted by Crippen LogP contribution is -2.71. The number of hydrogen-bond donors (Lipinski definition) is 3. The maximum atomic E-state index is 12.0. The molecule has 0 saturated carbocycles. The van der Waals surface area contributed by atoms with E-state index in [0.717, 1.165) is 11.1 Å². The minimum absolute atomic E-state index is 0.0278. The van der Waals surface area contributed by atoms with Gasteiger partial charge < -0.3 is 43.9 Å². The van der Waals surface area contributed by atoms with Crippen LogP contribution < -0.4 is 15.4 Å². The Labute approximate surface area is 273 Å². The van der Waals surface area contributed by atoms with Gasteiger partial charge in [-0.25, -0.2) is 0 Å². The highest BCUT2D eigenvalue weighted by atomic mass is 28.2. The van der Waals surface area contributed by atoms with Gasteiger partial charge in [-0.2, -0.15) is 0 Å². The highest BCUT2D eigenvalue weighted by Gasteiger charge is 2.63. The fourth-order valence-corrected chi connectivity index (χ4v) is 6.53. The Morgan fingerprint density at radius 1 is 0.957 bits per heavy atom. The van der Waals surface area contributed by atoms with Crippen molar-refractivity contribution in [3.05, 3.63) is 90.0 Å². The van der Waals surface area contributed by atoms with E-state index in [4.69, 9.17) is 28.1 Å². The summed E-state index contributed by atoms with van der Waals surface area (Å²) in [5.74, 6) is -2.44. The fourth-order valence-electron chi connectivity index (χ4n) is 5.71. The van der Waals surface area contributed by atoms with Gasteiger partial charge in [0.25, 0.3) is 5.91 Å². The van der Waals surface area contributed by atoms with Crippen LogP contribution >= 0.6 is 0 Å². The zero-order valence-electron chi connectivity index (χ0n) is 27.5. The molecule has 0 unspecified atom stereocenters. The maximum absolute atomic E-state index is 12.0. The van der Waals surface area contributed by atoms with Crippen molar-refractivity contribution in [2.75, 3.05) is 38.0 Å². The fraction of sp³-hybridized carbons (Fsp3) is 0.457. The van der Waals surface area contributed by atoms with Crippen LogP contribution in [0.5, 0.6) is 5.75 Å². The normalized spacial score (nSPS) is 25.6. The van der Waals surface area contributed by atoms with Gasteiger partial charge in [0.1, 0.15) is 29.7 Å². The quantitative estimate of drug-likeness (QED) is 0.244. The van der Waals surface area contributed by atoms with Gasteiger partial charge in [0, 0.05) is 26.5 Å². The first-order valence-electron chi connectivity index (χ1n) is 15.3. The van der Waals surface area contributed by atoms with Gasteiger partial charge in [-0.05, 0) is 48.2 Å². The minimum Gasteiger partial charge on any atom is -0.482 e. The number of carbonyl (C=O) groups is 1. The van der Waals surface area contributed by atoms with Crippen LogP contribution in [0.2, 0.25) is 5.04 Å². The third-order valence-electron chi connectivity index (χ3n) is 8.45. The summed E-state index contributed by atoms with van der Waals surface area (Å²) in [5.41, 5.74) is 1.67. The van der Waals surface area contributed by atoms with E-state index in [1.54, 1.807) is 33.1 Å². The number of hydrogen-bond acceptors (Lipinski definition) is 9. The number of ether oxygens (including phenoxy) is 5. The van der Waals surface area contributed by atoms with Gasteiger partial charge in [-0.1, -0.05) is 81.4 Å². The molecule has 0 aromatic heterocycles. The molecule has 2 radical (unpaired) electrons. The first-order valence-corrected chi connectivity index (χ1v) is 16.3. The molecule has 5 atom stereocenters. The first-order chi connectivity index (χ1) is 21.8. The van der Waals surface area contributed by atoms with E-state index in [9.17, 15) is 9.90 Å². The van der Waals surface area contributed by atoms with E-state index in [2.05, 4.69) is 31.4 Å². The van der Waals surface area contributed by atoms with Gasteiger partial charge in [0.15, 0.2) is 6.61 Å². The largest absolute Gasteiger partial charge is 0.482 e. The molecule has 11 heteroatoms. The monoisotopic (exact) mass is 648 g/mol. The van der Waals surface area contributed by atoms with Crippen LogP contribution in [0.4, 0.5) is 11.4 Å². The van der Waals surface area contributed by atoms with Crippen molar-refractivity contribution in [1.29, 1.82) is 0 Å².